The molecule has 0 saturated carbocycles. The van der Waals surface area contributed by atoms with Gasteiger partial charge in [0.15, 0.2) is 5.96 Å². The van der Waals surface area contributed by atoms with Crippen LogP contribution >= 0.6 is 35.7 Å². The van der Waals surface area contributed by atoms with E-state index in [-0.39, 0.29) is 29.8 Å². The predicted octanol–water partition coefficient (Wildman–Crippen LogP) is 4.48. The van der Waals surface area contributed by atoms with Crippen LogP contribution in [0.2, 0.25) is 0 Å². The lowest BCUT2D eigenvalue weighted by Crippen LogP contribution is -2.37. The second-order valence-corrected chi connectivity index (χ2v) is 7.64. The maximum absolute atomic E-state index is 13.4. The third-order valence-electron chi connectivity index (χ3n) is 4.21. The van der Waals surface area contributed by atoms with E-state index in [0.29, 0.717) is 6.54 Å². The lowest BCUT2D eigenvalue weighted by Gasteiger charge is -2.14. The summed E-state index contributed by atoms with van der Waals surface area (Å²) in [5.74, 6) is 1.44. The van der Waals surface area contributed by atoms with Crippen molar-refractivity contribution in [2.24, 2.45) is 4.99 Å². The normalized spacial score (nSPS) is 11.4. The predicted molar refractivity (Wildman–Crippen MR) is 129 cm³/mol. The summed E-state index contributed by atoms with van der Waals surface area (Å²) in [5, 5.41) is 6.69. The molecule has 0 aliphatic heterocycles. The molecule has 0 bridgehead atoms. The lowest BCUT2D eigenvalue weighted by molar-refractivity contribution is 0.389. The number of hydrogen-bond acceptors (Lipinski definition) is 3. The number of nitrogens with zero attached hydrogens (tertiary/aromatic N) is 2. The van der Waals surface area contributed by atoms with Crippen molar-refractivity contribution in [1.29, 1.82) is 0 Å². The summed E-state index contributed by atoms with van der Waals surface area (Å²) >= 11 is 1.70. The Balaban J connectivity index is 0.00000676. The van der Waals surface area contributed by atoms with Gasteiger partial charge in [0.25, 0.3) is 0 Å². The summed E-state index contributed by atoms with van der Waals surface area (Å²) in [7, 11) is 6.03. The van der Waals surface area contributed by atoms with Crippen LogP contribution in [0.5, 0.6) is 0 Å². The standard InChI is InChI=1S/C20H35FN4S.HI/c1-22-20(23-12-8-6-5-7-9-13-25(2)3)24-15-17-10-11-19(21)14-18(17)16-26-4;/h10-11,14H,5-9,12-13,15-16H2,1-4H3,(H2,22,23,24);1H. The monoisotopic (exact) mass is 510 g/mol. The van der Waals surface area contributed by atoms with Crippen LogP contribution in [0.3, 0.4) is 0 Å². The largest absolute Gasteiger partial charge is 0.356 e. The number of benzene rings is 1. The number of rotatable bonds is 12. The van der Waals surface area contributed by atoms with Crippen LogP contribution in [0, 0.1) is 5.82 Å². The Morgan fingerprint density at radius 1 is 1.07 bits per heavy atom. The van der Waals surface area contributed by atoms with Gasteiger partial charge in [0.1, 0.15) is 5.82 Å². The molecule has 1 aromatic rings. The van der Waals surface area contributed by atoms with Gasteiger partial charge in [-0.3, -0.25) is 4.99 Å². The fraction of sp³-hybridized carbons (Fsp3) is 0.650. The minimum absolute atomic E-state index is 0. The third kappa shape index (κ3) is 12.5. The van der Waals surface area contributed by atoms with Crippen LogP contribution in [0.25, 0.3) is 0 Å². The first-order valence-electron chi connectivity index (χ1n) is 9.42. The van der Waals surface area contributed by atoms with Crippen LogP contribution in [0.15, 0.2) is 23.2 Å². The fourth-order valence-corrected chi connectivity index (χ4v) is 3.33. The van der Waals surface area contributed by atoms with Crippen LogP contribution in [0.4, 0.5) is 4.39 Å². The molecule has 1 rings (SSSR count). The van der Waals surface area contributed by atoms with Gasteiger partial charge in [0, 0.05) is 25.9 Å². The molecule has 0 saturated heterocycles. The van der Waals surface area contributed by atoms with E-state index < -0.39 is 0 Å². The van der Waals surface area contributed by atoms with Crippen molar-refractivity contribution in [3.8, 4) is 0 Å². The minimum Gasteiger partial charge on any atom is -0.356 e. The van der Waals surface area contributed by atoms with Gasteiger partial charge in [-0.1, -0.05) is 25.3 Å². The number of hydrogen-bond donors (Lipinski definition) is 2. The fourth-order valence-electron chi connectivity index (χ4n) is 2.75. The number of guanidine groups is 1. The molecule has 0 aliphatic carbocycles. The molecule has 0 radical (unpaired) electrons. The zero-order valence-corrected chi connectivity index (χ0v) is 20.3. The average Bonchev–Trinajstić information content (AvgIpc) is 2.61. The number of aliphatic imine (C=N–C) groups is 1. The van der Waals surface area contributed by atoms with Crippen LogP contribution in [-0.2, 0) is 12.3 Å². The van der Waals surface area contributed by atoms with Crippen molar-refractivity contribution < 1.29 is 4.39 Å². The molecule has 27 heavy (non-hydrogen) atoms. The second-order valence-electron chi connectivity index (χ2n) is 6.77. The van der Waals surface area contributed by atoms with Gasteiger partial charge < -0.3 is 15.5 Å². The second kappa shape index (κ2) is 16.4. The third-order valence-corrected chi connectivity index (χ3v) is 4.81. The van der Waals surface area contributed by atoms with Gasteiger partial charge in [0.2, 0.25) is 0 Å². The zero-order valence-electron chi connectivity index (χ0n) is 17.2. The molecule has 0 heterocycles. The average molecular weight is 511 g/mol. The molecule has 4 nitrogen and oxygen atoms in total. The number of unbranched alkanes of at least 4 members (excludes halogenated alkanes) is 4. The van der Waals surface area contributed by atoms with Crippen molar-refractivity contribution in [3.63, 3.8) is 0 Å². The molecule has 1 aromatic carbocycles. The van der Waals surface area contributed by atoms with Crippen molar-refractivity contribution in [2.75, 3.05) is 40.5 Å². The quantitative estimate of drug-likeness (QED) is 0.188. The molecule has 156 valence electrons. The molecule has 0 atom stereocenters. The maximum Gasteiger partial charge on any atom is 0.191 e. The Hall–Kier alpha value is -0.540. The Bertz CT molecular complexity index is 541. The van der Waals surface area contributed by atoms with Gasteiger partial charge in [-0.15, -0.1) is 24.0 Å². The summed E-state index contributed by atoms with van der Waals surface area (Å²) in [6.07, 6.45) is 8.29. The molecule has 0 aromatic heterocycles. The van der Waals surface area contributed by atoms with E-state index in [1.54, 1.807) is 24.9 Å². The summed E-state index contributed by atoms with van der Waals surface area (Å²) < 4.78 is 13.4. The number of halogens is 2. The summed E-state index contributed by atoms with van der Waals surface area (Å²) in [5.41, 5.74) is 2.16. The minimum atomic E-state index is -0.175. The van der Waals surface area contributed by atoms with Crippen molar-refractivity contribution in [2.45, 2.75) is 44.4 Å². The highest BCUT2D eigenvalue weighted by molar-refractivity contribution is 14.0. The molecule has 0 fully saturated rings. The Kier molecular flexibility index (Phi) is 16.1. The van der Waals surface area contributed by atoms with E-state index in [2.05, 4.69) is 34.6 Å². The summed E-state index contributed by atoms with van der Waals surface area (Å²) in [6, 6.07) is 5.00. The first-order chi connectivity index (χ1) is 12.6. The molecular formula is C20H36FIN4S. The van der Waals surface area contributed by atoms with Crippen molar-refractivity contribution in [3.05, 3.63) is 35.1 Å². The van der Waals surface area contributed by atoms with E-state index in [1.165, 1.54) is 38.3 Å². The van der Waals surface area contributed by atoms with Crippen LogP contribution in [-0.4, -0.2) is 51.3 Å². The molecular weight excluding hydrogens is 474 g/mol. The van der Waals surface area contributed by atoms with E-state index in [1.807, 2.05) is 12.3 Å². The highest BCUT2D eigenvalue weighted by atomic mass is 127. The molecule has 0 unspecified atom stereocenters. The van der Waals surface area contributed by atoms with Gasteiger partial charge in [-0.2, -0.15) is 11.8 Å². The van der Waals surface area contributed by atoms with E-state index >= 15 is 0 Å². The molecule has 0 amide bonds. The van der Waals surface area contributed by atoms with E-state index in [0.717, 1.165) is 35.8 Å². The first-order valence-corrected chi connectivity index (χ1v) is 10.8. The molecule has 7 heteroatoms. The number of nitrogens with one attached hydrogen (secondary N) is 2. The van der Waals surface area contributed by atoms with Crippen molar-refractivity contribution in [1.82, 2.24) is 15.5 Å². The smallest absolute Gasteiger partial charge is 0.191 e. The lowest BCUT2D eigenvalue weighted by atomic mass is 10.1. The molecule has 0 aliphatic rings. The Morgan fingerprint density at radius 2 is 1.78 bits per heavy atom. The Morgan fingerprint density at radius 3 is 2.44 bits per heavy atom. The molecule has 0 spiro atoms. The van der Waals surface area contributed by atoms with Crippen molar-refractivity contribution >= 4 is 41.7 Å². The van der Waals surface area contributed by atoms with E-state index in [4.69, 9.17) is 0 Å². The van der Waals surface area contributed by atoms with Gasteiger partial charge in [0.05, 0.1) is 0 Å². The highest BCUT2D eigenvalue weighted by Gasteiger charge is 2.05. The highest BCUT2D eigenvalue weighted by Crippen LogP contribution is 2.16. The van der Waals surface area contributed by atoms with Gasteiger partial charge in [-0.05, 0) is 63.0 Å². The Labute approximate surface area is 186 Å². The number of thioether (sulfide) groups is 1. The van der Waals surface area contributed by atoms with Gasteiger partial charge in [-0.25, -0.2) is 4.39 Å². The van der Waals surface area contributed by atoms with Crippen LogP contribution in [0.1, 0.15) is 43.2 Å². The summed E-state index contributed by atoms with van der Waals surface area (Å²) in [6.45, 7) is 2.76. The SMILES string of the molecule is CN=C(NCCCCCCCN(C)C)NCc1ccc(F)cc1CSC.I. The van der Waals surface area contributed by atoms with Gasteiger partial charge >= 0.3 is 0 Å². The molecule has 2 N–H and O–H groups in total. The zero-order chi connectivity index (χ0) is 19.2. The first kappa shape index (κ1) is 26.5. The van der Waals surface area contributed by atoms with E-state index in [9.17, 15) is 4.39 Å². The van der Waals surface area contributed by atoms with Crippen LogP contribution < -0.4 is 10.6 Å². The topological polar surface area (TPSA) is 39.7 Å². The summed E-state index contributed by atoms with van der Waals surface area (Å²) in [4.78, 5) is 6.51. The maximum atomic E-state index is 13.4.